The lowest BCUT2D eigenvalue weighted by Crippen LogP contribution is -2.01. The lowest BCUT2D eigenvalue weighted by molar-refractivity contribution is -0.384. The summed E-state index contributed by atoms with van der Waals surface area (Å²) in [7, 11) is 0. The molecule has 0 saturated carbocycles. The standard InChI is InChI=1S/C11H14ClNO4/c1-3-5-17-10-7-8(13(14)15)6-9(12)11(10)16-4-2/h6-7H,3-5H2,1-2H3. The van der Waals surface area contributed by atoms with E-state index in [1.807, 2.05) is 6.92 Å². The van der Waals surface area contributed by atoms with Crippen LogP contribution in [0, 0.1) is 10.1 Å². The van der Waals surface area contributed by atoms with Crippen LogP contribution in [0.2, 0.25) is 5.02 Å². The quantitative estimate of drug-likeness (QED) is 0.580. The summed E-state index contributed by atoms with van der Waals surface area (Å²) in [6, 6.07) is 2.58. The Morgan fingerprint density at radius 2 is 2.06 bits per heavy atom. The summed E-state index contributed by atoms with van der Waals surface area (Å²) in [6.07, 6.45) is 0.797. The molecule has 0 saturated heterocycles. The summed E-state index contributed by atoms with van der Waals surface area (Å²) in [5, 5.41) is 10.9. The molecule has 1 aromatic rings. The van der Waals surface area contributed by atoms with Gasteiger partial charge in [-0.25, -0.2) is 0 Å². The largest absolute Gasteiger partial charge is 0.489 e. The van der Waals surface area contributed by atoms with Crippen molar-refractivity contribution in [2.45, 2.75) is 20.3 Å². The summed E-state index contributed by atoms with van der Waals surface area (Å²) in [4.78, 5) is 10.2. The number of hydrogen-bond donors (Lipinski definition) is 0. The van der Waals surface area contributed by atoms with Gasteiger partial charge in [-0.15, -0.1) is 0 Å². The van der Waals surface area contributed by atoms with Crippen molar-refractivity contribution in [2.24, 2.45) is 0 Å². The Morgan fingerprint density at radius 1 is 1.35 bits per heavy atom. The number of halogens is 1. The summed E-state index contributed by atoms with van der Waals surface area (Å²) in [6.45, 7) is 4.62. The molecule has 0 atom stereocenters. The summed E-state index contributed by atoms with van der Waals surface area (Å²) >= 11 is 5.93. The third-order valence-electron chi connectivity index (χ3n) is 1.96. The van der Waals surface area contributed by atoms with E-state index < -0.39 is 4.92 Å². The van der Waals surface area contributed by atoms with Crippen LogP contribution in [0.25, 0.3) is 0 Å². The Bertz CT molecular complexity index is 409. The molecule has 1 aromatic carbocycles. The number of hydrogen-bond acceptors (Lipinski definition) is 4. The van der Waals surface area contributed by atoms with Crippen molar-refractivity contribution in [2.75, 3.05) is 13.2 Å². The van der Waals surface area contributed by atoms with Gasteiger partial charge in [0.15, 0.2) is 11.5 Å². The zero-order valence-electron chi connectivity index (χ0n) is 9.73. The predicted octanol–water partition coefficient (Wildman–Crippen LogP) is 3.44. The highest BCUT2D eigenvalue weighted by atomic mass is 35.5. The summed E-state index contributed by atoms with van der Waals surface area (Å²) in [5.41, 5.74) is -0.107. The Hall–Kier alpha value is -1.49. The number of rotatable bonds is 6. The molecule has 0 heterocycles. The highest BCUT2D eigenvalue weighted by Gasteiger charge is 2.17. The molecule has 0 aliphatic heterocycles. The van der Waals surface area contributed by atoms with E-state index in [-0.39, 0.29) is 10.7 Å². The smallest absolute Gasteiger partial charge is 0.274 e. The molecule has 0 amide bonds. The van der Waals surface area contributed by atoms with Crippen LogP contribution in [0.4, 0.5) is 5.69 Å². The van der Waals surface area contributed by atoms with Crippen molar-refractivity contribution in [3.8, 4) is 11.5 Å². The lowest BCUT2D eigenvalue weighted by atomic mass is 10.2. The Labute approximate surface area is 104 Å². The van der Waals surface area contributed by atoms with Gasteiger partial charge in [-0.05, 0) is 13.3 Å². The molecule has 0 aliphatic carbocycles. The molecular formula is C11H14ClNO4. The molecule has 0 radical (unpaired) electrons. The fourth-order valence-electron chi connectivity index (χ4n) is 1.26. The molecule has 0 N–H and O–H groups in total. The van der Waals surface area contributed by atoms with Gasteiger partial charge in [-0.3, -0.25) is 10.1 Å². The zero-order valence-corrected chi connectivity index (χ0v) is 10.5. The number of nitrogens with zero attached hydrogens (tertiary/aromatic N) is 1. The first-order valence-electron chi connectivity index (χ1n) is 5.33. The first-order valence-corrected chi connectivity index (χ1v) is 5.71. The van der Waals surface area contributed by atoms with E-state index in [0.29, 0.717) is 24.7 Å². The van der Waals surface area contributed by atoms with Gasteiger partial charge in [0.1, 0.15) is 0 Å². The van der Waals surface area contributed by atoms with Crippen molar-refractivity contribution < 1.29 is 14.4 Å². The van der Waals surface area contributed by atoms with Crippen LogP contribution < -0.4 is 9.47 Å². The average molecular weight is 260 g/mol. The maximum Gasteiger partial charge on any atom is 0.274 e. The second kappa shape index (κ2) is 6.30. The minimum atomic E-state index is -0.513. The van der Waals surface area contributed by atoms with Gasteiger partial charge in [-0.2, -0.15) is 0 Å². The molecule has 17 heavy (non-hydrogen) atoms. The fourth-order valence-corrected chi connectivity index (χ4v) is 1.52. The molecule has 0 aromatic heterocycles. The highest BCUT2D eigenvalue weighted by Crippen LogP contribution is 2.39. The third-order valence-corrected chi connectivity index (χ3v) is 2.24. The molecule has 94 valence electrons. The van der Waals surface area contributed by atoms with Gasteiger partial charge in [0.25, 0.3) is 5.69 Å². The topological polar surface area (TPSA) is 61.6 Å². The highest BCUT2D eigenvalue weighted by molar-refractivity contribution is 6.32. The maximum atomic E-state index is 10.7. The van der Waals surface area contributed by atoms with Crippen molar-refractivity contribution in [3.05, 3.63) is 27.3 Å². The Morgan fingerprint density at radius 3 is 2.59 bits per heavy atom. The van der Waals surface area contributed by atoms with Crippen molar-refractivity contribution in [1.82, 2.24) is 0 Å². The van der Waals surface area contributed by atoms with Crippen LogP contribution in [0.15, 0.2) is 12.1 Å². The molecule has 1 rings (SSSR count). The molecule has 5 nitrogen and oxygen atoms in total. The van der Waals surface area contributed by atoms with E-state index in [0.717, 1.165) is 6.42 Å². The van der Waals surface area contributed by atoms with Gasteiger partial charge in [0, 0.05) is 6.07 Å². The number of nitro groups is 1. The normalized spacial score (nSPS) is 10.1. The maximum absolute atomic E-state index is 10.7. The molecule has 0 spiro atoms. The van der Waals surface area contributed by atoms with Crippen molar-refractivity contribution >= 4 is 17.3 Å². The minimum absolute atomic E-state index is 0.107. The monoisotopic (exact) mass is 259 g/mol. The van der Waals surface area contributed by atoms with Crippen molar-refractivity contribution in [3.63, 3.8) is 0 Å². The van der Waals surface area contributed by atoms with Crippen LogP contribution in [0.5, 0.6) is 11.5 Å². The van der Waals surface area contributed by atoms with Gasteiger partial charge in [0.05, 0.1) is 29.2 Å². The van der Waals surface area contributed by atoms with Crippen molar-refractivity contribution in [1.29, 1.82) is 0 Å². The van der Waals surface area contributed by atoms with Gasteiger partial charge < -0.3 is 9.47 Å². The number of nitro benzene ring substituents is 1. The minimum Gasteiger partial charge on any atom is -0.489 e. The van der Waals surface area contributed by atoms with Gasteiger partial charge in [-0.1, -0.05) is 18.5 Å². The molecule has 6 heteroatoms. The molecule has 0 bridgehead atoms. The van der Waals surface area contributed by atoms with Gasteiger partial charge in [0.2, 0.25) is 0 Å². The van der Waals surface area contributed by atoms with Crippen LogP contribution in [-0.4, -0.2) is 18.1 Å². The summed E-state index contributed by atoms with van der Waals surface area (Å²) < 4.78 is 10.7. The van der Waals surface area contributed by atoms with E-state index in [4.69, 9.17) is 21.1 Å². The van der Waals surface area contributed by atoms with Crippen LogP contribution in [0.3, 0.4) is 0 Å². The Kier molecular flexibility index (Phi) is 5.03. The number of non-ortho nitro benzene ring substituents is 1. The van der Waals surface area contributed by atoms with E-state index in [1.165, 1.54) is 12.1 Å². The second-order valence-electron chi connectivity index (χ2n) is 3.29. The first-order chi connectivity index (χ1) is 8.10. The average Bonchev–Trinajstić information content (AvgIpc) is 2.29. The van der Waals surface area contributed by atoms with Gasteiger partial charge >= 0.3 is 0 Å². The van der Waals surface area contributed by atoms with E-state index in [9.17, 15) is 10.1 Å². The van der Waals surface area contributed by atoms with Crippen LogP contribution in [-0.2, 0) is 0 Å². The SMILES string of the molecule is CCCOc1cc([N+](=O)[O-])cc(Cl)c1OCC. The molecule has 0 fully saturated rings. The van der Waals surface area contributed by atoms with E-state index in [1.54, 1.807) is 6.92 Å². The first kappa shape index (κ1) is 13.6. The number of benzene rings is 1. The zero-order chi connectivity index (χ0) is 12.8. The molecule has 0 unspecified atom stereocenters. The molecular weight excluding hydrogens is 246 g/mol. The van der Waals surface area contributed by atoms with E-state index in [2.05, 4.69) is 0 Å². The second-order valence-corrected chi connectivity index (χ2v) is 3.70. The van der Waals surface area contributed by atoms with Crippen LogP contribution in [0.1, 0.15) is 20.3 Å². The fraction of sp³-hybridized carbons (Fsp3) is 0.455. The summed E-state index contributed by atoms with van der Waals surface area (Å²) in [5.74, 6) is 0.668. The Balaban J connectivity index is 3.13. The third kappa shape index (κ3) is 3.49. The van der Waals surface area contributed by atoms with Crippen LogP contribution >= 0.6 is 11.6 Å². The molecule has 0 aliphatic rings. The number of ether oxygens (including phenoxy) is 2. The van der Waals surface area contributed by atoms with E-state index >= 15 is 0 Å². The lowest BCUT2D eigenvalue weighted by Gasteiger charge is -2.12. The predicted molar refractivity (Wildman–Crippen MR) is 65.1 cm³/mol.